The van der Waals surface area contributed by atoms with E-state index in [4.69, 9.17) is 30.5 Å². The second kappa shape index (κ2) is 13.3. The lowest BCUT2D eigenvalue weighted by atomic mass is 10.00. The third kappa shape index (κ3) is 6.96. The Morgan fingerprint density at radius 1 is 1.05 bits per heavy atom. The number of anilines is 2. The van der Waals surface area contributed by atoms with Crippen molar-refractivity contribution in [2.75, 3.05) is 25.1 Å². The molecule has 1 N–H and O–H groups in total. The summed E-state index contributed by atoms with van der Waals surface area (Å²) in [5.41, 5.74) is 1.02. The fourth-order valence-corrected chi connectivity index (χ4v) is 4.79. The lowest BCUT2D eigenvalue weighted by Gasteiger charge is -2.22. The Labute approximate surface area is 243 Å². The lowest BCUT2D eigenvalue weighted by molar-refractivity contribution is -0.165. The minimum Gasteiger partial charge on any atom is -0.488 e. The number of aromatic nitrogens is 1. The van der Waals surface area contributed by atoms with E-state index in [-0.39, 0.29) is 29.4 Å². The molecule has 5 rings (SSSR count). The number of hydrogen-bond donors (Lipinski definition) is 1. The lowest BCUT2D eigenvalue weighted by Crippen LogP contribution is -2.24. The minimum atomic E-state index is -0.747. The molecule has 1 atom stereocenters. The van der Waals surface area contributed by atoms with Crippen molar-refractivity contribution in [3.63, 3.8) is 0 Å². The van der Waals surface area contributed by atoms with Gasteiger partial charge in [0.1, 0.15) is 6.61 Å². The maximum absolute atomic E-state index is 15.8. The molecule has 1 aromatic heterocycles. The molecule has 0 amide bonds. The summed E-state index contributed by atoms with van der Waals surface area (Å²) in [6.07, 6.45) is 4.18. The first-order valence-corrected chi connectivity index (χ1v) is 14.1. The molecule has 1 saturated heterocycles. The number of rotatable bonds is 11. The molecule has 0 saturated carbocycles. The molecule has 1 aliphatic rings. The van der Waals surface area contributed by atoms with Crippen LogP contribution < -0.4 is 14.8 Å². The number of ether oxygens (including phenoxy) is 4. The summed E-state index contributed by atoms with van der Waals surface area (Å²) in [5, 5.41) is 5.27. The number of carbonyl (C=O) groups is 1. The van der Waals surface area contributed by atoms with Crippen molar-refractivity contribution >= 4 is 39.5 Å². The summed E-state index contributed by atoms with van der Waals surface area (Å²) in [6.45, 7) is 5.00. The summed E-state index contributed by atoms with van der Waals surface area (Å²) >= 11 is 6.01. The Kier molecular flexibility index (Phi) is 9.34. The monoisotopic (exact) mass is 578 g/mol. The highest BCUT2D eigenvalue weighted by atomic mass is 35.5. The van der Waals surface area contributed by atoms with Crippen LogP contribution in [0.4, 0.5) is 15.8 Å². The van der Waals surface area contributed by atoms with Gasteiger partial charge in [-0.05, 0) is 75.6 Å². The highest BCUT2D eigenvalue weighted by Crippen LogP contribution is 2.36. The van der Waals surface area contributed by atoms with Gasteiger partial charge < -0.3 is 24.3 Å². The largest absolute Gasteiger partial charge is 0.488 e. The van der Waals surface area contributed by atoms with Crippen LogP contribution in [0.25, 0.3) is 10.8 Å². The number of nitrogens with zero attached hydrogens (tertiary/aromatic N) is 1. The van der Waals surface area contributed by atoms with E-state index in [9.17, 15) is 4.79 Å². The number of benzene rings is 3. The predicted octanol–water partition coefficient (Wildman–Crippen LogP) is 7.71. The second-order valence-electron chi connectivity index (χ2n) is 9.97. The number of pyridine rings is 1. The van der Waals surface area contributed by atoms with Gasteiger partial charge in [0.2, 0.25) is 5.88 Å². The first kappa shape index (κ1) is 28.8. The Morgan fingerprint density at radius 3 is 2.56 bits per heavy atom. The Morgan fingerprint density at radius 2 is 1.83 bits per heavy atom. The van der Waals surface area contributed by atoms with Crippen molar-refractivity contribution in [3.05, 3.63) is 88.8 Å². The molecule has 0 spiro atoms. The maximum atomic E-state index is 15.8. The second-order valence-corrected chi connectivity index (χ2v) is 10.4. The number of halogens is 2. The Hall–Kier alpha value is -3.72. The quantitative estimate of drug-likeness (QED) is 0.144. The van der Waals surface area contributed by atoms with Gasteiger partial charge in [0.25, 0.3) is 0 Å². The molecule has 214 valence electrons. The highest BCUT2D eigenvalue weighted by Gasteiger charge is 2.24. The van der Waals surface area contributed by atoms with Crippen LogP contribution in [0, 0.1) is 5.82 Å². The molecule has 1 unspecified atom stereocenters. The summed E-state index contributed by atoms with van der Waals surface area (Å²) in [5.74, 6) is -0.808. The van der Waals surface area contributed by atoms with Gasteiger partial charge in [-0.3, -0.25) is 4.79 Å². The minimum absolute atomic E-state index is 0.00422. The van der Waals surface area contributed by atoms with E-state index < -0.39 is 11.6 Å². The molecule has 3 aromatic carbocycles. The van der Waals surface area contributed by atoms with Crippen molar-refractivity contribution in [2.24, 2.45) is 0 Å². The predicted molar refractivity (Wildman–Crippen MR) is 157 cm³/mol. The summed E-state index contributed by atoms with van der Waals surface area (Å²) in [4.78, 5) is 18.1. The van der Waals surface area contributed by atoms with Crippen molar-refractivity contribution in [3.8, 4) is 11.6 Å². The van der Waals surface area contributed by atoms with Gasteiger partial charge in [-0.15, -0.1) is 0 Å². The van der Waals surface area contributed by atoms with Gasteiger partial charge in [0.05, 0.1) is 35.8 Å². The standard InChI is InChI=1S/C32H32ClFN2O5/c1-20(2)41-27-15-14-25(29(30(27)34)31(37)21-10-12-22(33)13-11-21)36-26-19-35-32(24-8-4-3-7-23(24)26)40-18-17-39-28-9-5-6-16-38-28/h3-4,7-8,10-15,19-20,28,36H,5-6,9,16-18H2,1-2H3. The van der Waals surface area contributed by atoms with Gasteiger partial charge in [0, 0.05) is 28.0 Å². The fraction of sp³-hybridized carbons (Fsp3) is 0.312. The van der Waals surface area contributed by atoms with Crippen LogP contribution in [-0.2, 0) is 9.47 Å². The maximum Gasteiger partial charge on any atom is 0.221 e. The zero-order valence-electron chi connectivity index (χ0n) is 23.0. The molecular formula is C32H32ClFN2O5. The topological polar surface area (TPSA) is 78.9 Å². The molecule has 9 heteroatoms. The van der Waals surface area contributed by atoms with Crippen LogP contribution >= 0.6 is 11.6 Å². The Balaban J connectivity index is 1.42. The van der Waals surface area contributed by atoms with E-state index in [1.165, 1.54) is 6.07 Å². The smallest absolute Gasteiger partial charge is 0.221 e. The van der Waals surface area contributed by atoms with Crippen LogP contribution in [0.3, 0.4) is 0 Å². The van der Waals surface area contributed by atoms with Crippen LogP contribution in [0.2, 0.25) is 5.02 Å². The van der Waals surface area contributed by atoms with Crippen molar-refractivity contribution in [1.29, 1.82) is 0 Å². The summed E-state index contributed by atoms with van der Waals surface area (Å²) < 4.78 is 38.8. The van der Waals surface area contributed by atoms with Crippen LogP contribution in [-0.4, -0.2) is 43.0 Å². The van der Waals surface area contributed by atoms with Crippen molar-refractivity contribution in [2.45, 2.75) is 45.5 Å². The van der Waals surface area contributed by atoms with E-state index in [0.717, 1.165) is 36.6 Å². The van der Waals surface area contributed by atoms with Crippen LogP contribution in [0.1, 0.15) is 49.0 Å². The highest BCUT2D eigenvalue weighted by molar-refractivity contribution is 6.30. The van der Waals surface area contributed by atoms with Gasteiger partial charge in [-0.25, -0.2) is 9.37 Å². The summed E-state index contributed by atoms with van der Waals surface area (Å²) in [6, 6.07) is 17.1. The SMILES string of the molecule is CC(C)Oc1ccc(Nc2cnc(OCCOC3CCCCO3)c3ccccc23)c(C(=O)c2ccc(Cl)cc2)c1F. The average molecular weight is 579 g/mol. The van der Waals surface area contributed by atoms with Crippen LogP contribution in [0.15, 0.2) is 66.9 Å². The first-order valence-electron chi connectivity index (χ1n) is 13.7. The van der Waals surface area contributed by atoms with Crippen molar-refractivity contribution < 1.29 is 28.1 Å². The van der Waals surface area contributed by atoms with Crippen molar-refractivity contribution in [1.82, 2.24) is 4.98 Å². The van der Waals surface area contributed by atoms with E-state index >= 15 is 4.39 Å². The molecule has 0 aliphatic carbocycles. The first-order chi connectivity index (χ1) is 19.9. The number of hydrogen-bond acceptors (Lipinski definition) is 7. The van der Waals surface area contributed by atoms with E-state index in [1.54, 1.807) is 50.4 Å². The molecule has 1 aliphatic heterocycles. The third-order valence-electron chi connectivity index (χ3n) is 6.59. The van der Waals surface area contributed by atoms with Gasteiger partial charge >= 0.3 is 0 Å². The zero-order chi connectivity index (χ0) is 28.8. The fourth-order valence-electron chi connectivity index (χ4n) is 4.66. The van der Waals surface area contributed by atoms with Gasteiger partial charge in [0.15, 0.2) is 23.6 Å². The number of fused-ring (bicyclic) bond motifs is 1. The van der Waals surface area contributed by atoms with E-state index in [2.05, 4.69) is 10.3 Å². The molecular weight excluding hydrogens is 547 g/mol. The Bertz CT molecular complexity index is 1510. The molecule has 7 nitrogen and oxygen atoms in total. The number of carbonyl (C=O) groups excluding carboxylic acids is 1. The molecule has 2 heterocycles. The average Bonchev–Trinajstić information content (AvgIpc) is 2.98. The van der Waals surface area contributed by atoms with Gasteiger partial charge in [-0.1, -0.05) is 29.8 Å². The van der Waals surface area contributed by atoms with Crippen LogP contribution in [0.5, 0.6) is 11.6 Å². The molecule has 4 aromatic rings. The van der Waals surface area contributed by atoms with E-state index in [1.807, 2.05) is 24.3 Å². The molecule has 1 fully saturated rings. The molecule has 41 heavy (non-hydrogen) atoms. The molecule has 0 radical (unpaired) electrons. The zero-order valence-corrected chi connectivity index (χ0v) is 23.7. The summed E-state index contributed by atoms with van der Waals surface area (Å²) in [7, 11) is 0. The van der Waals surface area contributed by atoms with E-state index in [0.29, 0.717) is 35.4 Å². The van der Waals surface area contributed by atoms with Gasteiger partial charge in [-0.2, -0.15) is 0 Å². The normalized spacial score (nSPS) is 15.2. The molecule has 0 bridgehead atoms. The number of nitrogens with one attached hydrogen (secondary N) is 1. The number of ketones is 1. The third-order valence-corrected chi connectivity index (χ3v) is 6.85.